The van der Waals surface area contributed by atoms with Gasteiger partial charge in [-0.1, -0.05) is 24.6 Å². The average Bonchev–Trinajstić information content (AvgIpc) is 3.35. The van der Waals surface area contributed by atoms with Gasteiger partial charge in [-0.3, -0.25) is 4.99 Å². The minimum atomic E-state index is 0.159. The fraction of sp³-hybridized carbons (Fsp3) is 0.571. The molecule has 1 saturated carbocycles. The number of thioether (sulfide) groups is 1. The zero-order valence-corrected chi connectivity index (χ0v) is 18.4. The molecule has 1 aromatic heterocycles. The molecule has 7 nitrogen and oxygen atoms in total. The maximum absolute atomic E-state index is 6.03. The van der Waals surface area contributed by atoms with Gasteiger partial charge in [0.2, 0.25) is 0 Å². The second kappa shape index (κ2) is 10.5. The zero-order valence-electron chi connectivity index (χ0n) is 17.6. The number of aliphatic imine (C=N–C) groups is 1. The molecule has 0 aliphatic heterocycles. The molecule has 0 bridgehead atoms. The molecule has 0 radical (unpaired) electrons. The van der Waals surface area contributed by atoms with E-state index in [4.69, 9.17) is 10.5 Å². The molecule has 2 aromatic rings. The van der Waals surface area contributed by atoms with Crippen LogP contribution in [-0.2, 0) is 6.42 Å². The molecule has 1 aromatic carbocycles. The number of nitrogens with zero attached hydrogens (tertiary/aromatic N) is 4. The fourth-order valence-electron chi connectivity index (χ4n) is 3.66. The van der Waals surface area contributed by atoms with E-state index in [-0.39, 0.29) is 6.10 Å². The number of hydrogen-bond acceptors (Lipinski definition) is 5. The highest BCUT2D eigenvalue weighted by Gasteiger charge is 2.23. The maximum atomic E-state index is 6.03. The summed E-state index contributed by atoms with van der Waals surface area (Å²) in [6.07, 6.45) is 9.04. The van der Waals surface area contributed by atoms with Crippen LogP contribution in [-0.4, -0.2) is 39.6 Å². The first-order valence-corrected chi connectivity index (χ1v) is 11.6. The number of benzene rings is 1. The SMILES string of the molecule is CSc1nnc(CCCN=C(N)Nc2ccc(OC(C)C)cc2)n1C1CCCC1. The Kier molecular flexibility index (Phi) is 7.80. The highest BCUT2D eigenvalue weighted by atomic mass is 32.2. The van der Waals surface area contributed by atoms with Crippen molar-refractivity contribution >= 4 is 23.4 Å². The van der Waals surface area contributed by atoms with Gasteiger partial charge >= 0.3 is 0 Å². The van der Waals surface area contributed by atoms with Gasteiger partial charge in [-0.15, -0.1) is 10.2 Å². The van der Waals surface area contributed by atoms with Crippen LogP contribution in [0.1, 0.15) is 57.8 Å². The second-order valence-corrected chi connectivity index (χ2v) is 8.37. The maximum Gasteiger partial charge on any atom is 0.193 e. The van der Waals surface area contributed by atoms with Crippen molar-refractivity contribution in [3.63, 3.8) is 0 Å². The van der Waals surface area contributed by atoms with E-state index in [1.165, 1.54) is 25.7 Å². The van der Waals surface area contributed by atoms with E-state index in [9.17, 15) is 0 Å². The molecule has 1 aliphatic carbocycles. The lowest BCUT2D eigenvalue weighted by Crippen LogP contribution is -2.23. The van der Waals surface area contributed by atoms with Crippen molar-refractivity contribution in [1.82, 2.24) is 14.8 Å². The number of aryl methyl sites for hydroxylation is 1. The molecule has 1 aliphatic rings. The smallest absolute Gasteiger partial charge is 0.193 e. The summed E-state index contributed by atoms with van der Waals surface area (Å²) in [6, 6.07) is 8.28. The number of guanidine groups is 1. The Labute approximate surface area is 177 Å². The first kappa shape index (κ1) is 21.5. The van der Waals surface area contributed by atoms with E-state index >= 15 is 0 Å². The highest BCUT2D eigenvalue weighted by Crippen LogP contribution is 2.33. The number of nitrogens with one attached hydrogen (secondary N) is 1. The highest BCUT2D eigenvalue weighted by molar-refractivity contribution is 7.98. The molecule has 1 fully saturated rings. The number of hydrogen-bond donors (Lipinski definition) is 2. The summed E-state index contributed by atoms with van der Waals surface area (Å²) in [5, 5.41) is 13.0. The average molecular weight is 417 g/mol. The molecular weight excluding hydrogens is 384 g/mol. The van der Waals surface area contributed by atoms with Gasteiger partial charge in [-0.25, -0.2) is 0 Å². The summed E-state index contributed by atoms with van der Waals surface area (Å²) in [4.78, 5) is 4.45. The van der Waals surface area contributed by atoms with Gasteiger partial charge in [-0.05, 0) is 63.6 Å². The van der Waals surface area contributed by atoms with Crippen molar-refractivity contribution in [2.75, 3.05) is 18.1 Å². The van der Waals surface area contributed by atoms with Crippen LogP contribution in [0.25, 0.3) is 0 Å². The predicted octanol–water partition coefficient (Wildman–Crippen LogP) is 4.26. The summed E-state index contributed by atoms with van der Waals surface area (Å²) in [6.45, 7) is 4.67. The van der Waals surface area contributed by atoms with Gasteiger partial charge in [0.15, 0.2) is 11.1 Å². The Hall–Kier alpha value is -2.22. The summed E-state index contributed by atoms with van der Waals surface area (Å²) in [5.41, 5.74) is 6.93. The second-order valence-electron chi connectivity index (χ2n) is 7.60. The first-order chi connectivity index (χ1) is 14.1. The van der Waals surface area contributed by atoms with E-state index < -0.39 is 0 Å². The van der Waals surface area contributed by atoms with Crippen LogP contribution in [0, 0.1) is 0 Å². The number of rotatable bonds is 9. The lowest BCUT2D eigenvalue weighted by molar-refractivity contribution is 0.242. The summed E-state index contributed by atoms with van der Waals surface area (Å²) in [7, 11) is 0. The molecule has 0 atom stereocenters. The molecule has 29 heavy (non-hydrogen) atoms. The number of anilines is 1. The largest absolute Gasteiger partial charge is 0.491 e. The predicted molar refractivity (Wildman–Crippen MR) is 120 cm³/mol. The van der Waals surface area contributed by atoms with E-state index in [0.29, 0.717) is 18.5 Å². The molecule has 8 heteroatoms. The van der Waals surface area contributed by atoms with Gasteiger partial charge in [0, 0.05) is 24.7 Å². The standard InChI is InChI=1S/C21H32N6OS/c1-15(2)28-18-12-10-16(11-13-18)24-20(22)23-14-6-9-19-25-26-21(29-3)27(19)17-7-4-5-8-17/h10-13,15,17H,4-9,14H2,1-3H3,(H3,22,23,24). The van der Waals surface area contributed by atoms with Crippen molar-refractivity contribution in [2.45, 2.75) is 69.7 Å². The fourth-order valence-corrected chi connectivity index (χ4v) is 4.23. The number of aromatic nitrogens is 3. The number of ether oxygens (including phenoxy) is 1. The molecule has 1 heterocycles. The van der Waals surface area contributed by atoms with Crippen molar-refractivity contribution in [3.05, 3.63) is 30.1 Å². The quantitative estimate of drug-likeness (QED) is 0.275. The minimum absolute atomic E-state index is 0.159. The zero-order chi connectivity index (χ0) is 20.6. The third kappa shape index (κ3) is 6.13. The van der Waals surface area contributed by atoms with Gasteiger partial charge in [0.25, 0.3) is 0 Å². The van der Waals surface area contributed by atoms with Gasteiger partial charge < -0.3 is 20.4 Å². The molecule has 3 N–H and O–H groups in total. The van der Waals surface area contributed by atoms with Crippen molar-refractivity contribution in [3.8, 4) is 5.75 Å². The summed E-state index contributed by atoms with van der Waals surface area (Å²) in [5.74, 6) is 2.34. The van der Waals surface area contributed by atoms with E-state index in [2.05, 4.69) is 31.3 Å². The van der Waals surface area contributed by atoms with E-state index in [1.54, 1.807) is 11.8 Å². The van der Waals surface area contributed by atoms with Crippen LogP contribution in [0.5, 0.6) is 5.75 Å². The topological polar surface area (TPSA) is 90.3 Å². The van der Waals surface area contributed by atoms with Crippen LogP contribution in [0.2, 0.25) is 0 Å². The lowest BCUT2D eigenvalue weighted by Gasteiger charge is -2.16. The minimum Gasteiger partial charge on any atom is -0.491 e. The third-order valence-corrected chi connectivity index (χ3v) is 5.59. The van der Waals surface area contributed by atoms with Crippen LogP contribution in [0.4, 0.5) is 5.69 Å². The first-order valence-electron chi connectivity index (χ1n) is 10.4. The summed E-state index contributed by atoms with van der Waals surface area (Å²) < 4.78 is 8.00. The molecule has 0 spiro atoms. The molecule has 0 amide bonds. The normalized spacial score (nSPS) is 15.2. The molecule has 0 saturated heterocycles. The molecule has 0 unspecified atom stereocenters. The Morgan fingerprint density at radius 2 is 2.00 bits per heavy atom. The van der Waals surface area contributed by atoms with Crippen LogP contribution in [0.15, 0.2) is 34.4 Å². The van der Waals surface area contributed by atoms with Crippen LogP contribution in [0.3, 0.4) is 0 Å². The molecule has 158 valence electrons. The van der Waals surface area contributed by atoms with Crippen LogP contribution < -0.4 is 15.8 Å². The van der Waals surface area contributed by atoms with E-state index in [1.807, 2.05) is 38.1 Å². The Balaban J connectivity index is 1.49. The Bertz CT molecular complexity index is 796. The monoisotopic (exact) mass is 416 g/mol. The summed E-state index contributed by atoms with van der Waals surface area (Å²) >= 11 is 1.68. The van der Waals surface area contributed by atoms with Crippen LogP contribution >= 0.6 is 11.8 Å². The number of nitrogens with two attached hydrogens (primary N) is 1. The van der Waals surface area contributed by atoms with Gasteiger partial charge in [-0.2, -0.15) is 0 Å². The third-order valence-electron chi connectivity index (χ3n) is 4.95. The Morgan fingerprint density at radius 3 is 2.66 bits per heavy atom. The lowest BCUT2D eigenvalue weighted by atomic mass is 10.2. The molecular formula is C21H32N6OS. The van der Waals surface area contributed by atoms with Crippen molar-refractivity contribution < 1.29 is 4.74 Å². The van der Waals surface area contributed by atoms with Crippen molar-refractivity contribution in [2.24, 2.45) is 10.7 Å². The van der Waals surface area contributed by atoms with E-state index in [0.717, 1.165) is 35.3 Å². The Morgan fingerprint density at radius 1 is 1.28 bits per heavy atom. The van der Waals surface area contributed by atoms with Gasteiger partial charge in [0.05, 0.1) is 6.10 Å². The van der Waals surface area contributed by atoms with Gasteiger partial charge in [0.1, 0.15) is 11.6 Å². The molecule has 3 rings (SSSR count). The van der Waals surface area contributed by atoms with Crippen molar-refractivity contribution in [1.29, 1.82) is 0 Å².